The lowest BCUT2D eigenvalue weighted by molar-refractivity contribution is -0.114. The molecule has 0 spiro atoms. The van der Waals surface area contributed by atoms with E-state index >= 15 is 0 Å². The van der Waals surface area contributed by atoms with Crippen LogP contribution in [0.1, 0.15) is 73.6 Å². The Morgan fingerprint density at radius 2 is 1.83 bits per heavy atom. The molecule has 0 aromatic rings. The van der Waals surface area contributed by atoms with Gasteiger partial charge in [0.05, 0.1) is 0 Å². The number of rotatable bonds is 6. The minimum atomic E-state index is 0.167. The molecule has 0 aromatic carbocycles. The van der Waals surface area contributed by atoms with Crippen LogP contribution in [0.25, 0.3) is 0 Å². The van der Waals surface area contributed by atoms with Gasteiger partial charge in [0.1, 0.15) is 5.78 Å². The Balaban J connectivity index is 0.00000108. The smallest absolute Gasteiger partial charge is 0.126 e. The molecule has 1 heteroatoms. The number of hydrogen-bond donors (Lipinski definition) is 0. The predicted octanol–water partition coefficient (Wildman–Crippen LogP) is 6.89. The fourth-order valence-corrected chi connectivity index (χ4v) is 2.58. The molecular formula is C22H34O. The van der Waals surface area contributed by atoms with Crippen molar-refractivity contribution in [3.05, 3.63) is 58.7 Å². The minimum absolute atomic E-state index is 0.167. The zero-order chi connectivity index (χ0) is 17.7. The third kappa shape index (κ3) is 9.18. The van der Waals surface area contributed by atoms with E-state index in [0.717, 1.165) is 12.8 Å². The molecule has 0 fully saturated rings. The Labute approximate surface area is 143 Å². The van der Waals surface area contributed by atoms with Crippen LogP contribution >= 0.6 is 0 Å². The number of allylic oxidation sites excluding steroid dienone is 10. The standard InChI is InChI=1S/C19H28.C3H6O/c1-5-8-15-19(18-13-10-9-11-14-18)16(4)17(7-3)12-6-2;1-3(2)4/h6,9-13H,5,7-8,14-15H2,1-4H3;1-2H3/b12-6-,17-16+,19-18-;. The van der Waals surface area contributed by atoms with Crippen molar-refractivity contribution < 1.29 is 4.79 Å². The largest absolute Gasteiger partial charge is 0.300 e. The number of unbranched alkanes of at least 4 members (excludes halogenated alkanes) is 1. The Hall–Kier alpha value is -1.63. The van der Waals surface area contributed by atoms with Gasteiger partial charge in [0.2, 0.25) is 0 Å². The molecule has 0 radical (unpaired) electrons. The Kier molecular flexibility index (Phi) is 12.0. The van der Waals surface area contributed by atoms with Crippen molar-refractivity contribution in [2.45, 2.75) is 73.6 Å². The van der Waals surface area contributed by atoms with Crippen molar-refractivity contribution in [3.63, 3.8) is 0 Å². The van der Waals surface area contributed by atoms with Crippen LogP contribution in [0, 0.1) is 0 Å². The van der Waals surface area contributed by atoms with Gasteiger partial charge in [-0.15, -0.1) is 0 Å². The van der Waals surface area contributed by atoms with Gasteiger partial charge in [-0.05, 0) is 75.7 Å². The molecule has 0 aromatic heterocycles. The Bertz CT molecular complexity index is 506. The Morgan fingerprint density at radius 1 is 1.17 bits per heavy atom. The van der Waals surface area contributed by atoms with Crippen LogP contribution in [0.2, 0.25) is 0 Å². The number of carbonyl (C=O) groups is 1. The van der Waals surface area contributed by atoms with Gasteiger partial charge < -0.3 is 4.79 Å². The van der Waals surface area contributed by atoms with E-state index in [-0.39, 0.29) is 5.78 Å². The molecule has 0 bridgehead atoms. The molecule has 23 heavy (non-hydrogen) atoms. The van der Waals surface area contributed by atoms with E-state index in [2.05, 4.69) is 64.2 Å². The highest BCUT2D eigenvalue weighted by atomic mass is 16.1. The zero-order valence-corrected chi connectivity index (χ0v) is 15.9. The van der Waals surface area contributed by atoms with E-state index in [4.69, 9.17) is 0 Å². The summed E-state index contributed by atoms with van der Waals surface area (Å²) in [7, 11) is 0. The molecule has 0 amide bonds. The van der Waals surface area contributed by atoms with Crippen molar-refractivity contribution in [3.8, 4) is 0 Å². The monoisotopic (exact) mass is 314 g/mol. The van der Waals surface area contributed by atoms with Crippen LogP contribution in [-0.4, -0.2) is 5.78 Å². The topological polar surface area (TPSA) is 17.1 Å². The van der Waals surface area contributed by atoms with Gasteiger partial charge in [-0.2, -0.15) is 0 Å². The lowest BCUT2D eigenvalue weighted by Gasteiger charge is -2.17. The third-order valence-electron chi connectivity index (χ3n) is 3.73. The fourth-order valence-electron chi connectivity index (χ4n) is 2.58. The summed E-state index contributed by atoms with van der Waals surface area (Å²) in [6, 6.07) is 0. The average Bonchev–Trinajstić information content (AvgIpc) is 2.53. The Morgan fingerprint density at radius 3 is 2.26 bits per heavy atom. The molecular weight excluding hydrogens is 280 g/mol. The van der Waals surface area contributed by atoms with E-state index in [0.29, 0.717) is 0 Å². The van der Waals surface area contributed by atoms with Gasteiger partial charge in [0, 0.05) is 0 Å². The summed E-state index contributed by atoms with van der Waals surface area (Å²) in [4.78, 5) is 9.44. The number of Topliss-reactive ketones (excluding diaryl/α,β-unsaturated/α-hetero) is 1. The maximum absolute atomic E-state index is 9.44. The molecule has 0 saturated heterocycles. The fraction of sp³-hybridized carbons (Fsp3) is 0.500. The molecule has 0 saturated carbocycles. The third-order valence-corrected chi connectivity index (χ3v) is 3.73. The molecule has 0 heterocycles. The van der Waals surface area contributed by atoms with E-state index in [1.54, 1.807) is 5.57 Å². The van der Waals surface area contributed by atoms with E-state index in [1.165, 1.54) is 49.8 Å². The van der Waals surface area contributed by atoms with E-state index in [9.17, 15) is 4.79 Å². The van der Waals surface area contributed by atoms with Gasteiger partial charge >= 0.3 is 0 Å². The van der Waals surface area contributed by atoms with Crippen LogP contribution in [0.5, 0.6) is 0 Å². The zero-order valence-electron chi connectivity index (χ0n) is 15.9. The lowest BCUT2D eigenvalue weighted by Crippen LogP contribution is -1.97. The molecule has 1 aliphatic rings. The van der Waals surface area contributed by atoms with Gasteiger partial charge in [0.15, 0.2) is 0 Å². The summed E-state index contributed by atoms with van der Waals surface area (Å²) < 4.78 is 0. The van der Waals surface area contributed by atoms with Crippen molar-refractivity contribution in [1.29, 1.82) is 0 Å². The summed E-state index contributed by atoms with van der Waals surface area (Å²) >= 11 is 0. The second kappa shape index (κ2) is 12.9. The van der Waals surface area contributed by atoms with E-state index in [1.807, 2.05) is 0 Å². The van der Waals surface area contributed by atoms with Crippen molar-refractivity contribution >= 4 is 5.78 Å². The summed E-state index contributed by atoms with van der Waals surface area (Å²) in [5.74, 6) is 0.167. The number of hydrogen-bond acceptors (Lipinski definition) is 1. The SMILES string of the molecule is CC(C)=O.C\C=C/C(CC)=C(C)/C(CCCC)=C1/C=CC=CC1. The lowest BCUT2D eigenvalue weighted by atomic mass is 9.89. The first-order chi connectivity index (χ1) is 11.0. The molecule has 1 nitrogen and oxygen atoms in total. The highest BCUT2D eigenvalue weighted by molar-refractivity contribution is 5.72. The van der Waals surface area contributed by atoms with E-state index < -0.39 is 0 Å². The maximum atomic E-state index is 9.44. The molecule has 0 aliphatic heterocycles. The summed E-state index contributed by atoms with van der Waals surface area (Å²) in [6.45, 7) is 12.0. The van der Waals surface area contributed by atoms with Gasteiger partial charge in [-0.3, -0.25) is 0 Å². The highest BCUT2D eigenvalue weighted by Crippen LogP contribution is 2.29. The van der Waals surface area contributed by atoms with Crippen LogP contribution in [0.3, 0.4) is 0 Å². The first kappa shape index (κ1) is 21.4. The predicted molar refractivity (Wildman–Crippen MR) is 104 cm³/mol. The second-order valence-electron chi connectivity index (χ2n) is 6.01. The van der Waals surface area contributed by atoms with Crippen molar-refractivity contribution in [2.24, 2.45) is 0 Å². The van der Waals surface area contributed by atoms with Crippen LogP contribution in [-0.2, 0) is 4.79 Å². The molecule has 1 aliphatic carbocycles. The highest BCUT2D eigenvalue weighted by Gasteiger charge is 2.09. The molecule has 0 atom stereocenters. The normalized spacial score (nSPS) is 16.8. The van der Waals surface area contributed by atoms with Crippen molar-refractivity contribution in [1.82, 2.24) is 0 Å². The minimum Gasteiger partial charge on any atom is -0.300 e. The molecule has 0 N–H and O–H groups in total. The number of ketones is 1. The van der Waals surface area contributed by atoms with Crippen LogP contribution in [0.4, 0.5) is 0 Å². The molecule has 128 valence electrons. The number of carbonyl (C=O) groups excluding carboxylic acids is 1. The van der Waals surface area contributed by atoms with Crippen molar-refractivity contribution in [2.75, 3.05) is 0 Å². The summed E-state index contributed by atoms with van der Waals surface area (Å²) in [5, 5.41) is 0. The summed E-state index contributed by atoms with van der Waals surface area (Å²) in [5.41, 5.74) is 6.04. The van der Waals surface area contributed by atoms with Gasteiger partial charge in [-0.1, -0.05) is 56.7 Å². The van der Waals surface area contributed by atoms with Gasteiger partial charge in [-0.25, -0.2) is 0 Å². The molecule has 1 rings (SSSR count). The van der Waals surface area contributed by atoms with Crippen LogP contribution < -0.4 is 0 Å². The maximum Gasteiger partial charge on any atom is 0.126 e. The van der Waals surface area contributed by atoms with Crippen LogP contribution in [0.15, 0.2) is 58.7 Å². The first-order valence-corrected chi connectivity index (χ1v) is 8.83. The van der Waals surface area contributed by atoms with Gasteiger partial charge in [0.25, 0.3) is 0 Å². The average molecular weight is 315 g/mol. The second-order valence-corrected chi connectivity index (χ2v) is 6.01. The first-order valence-electron chi connectivity index (χ1n) is 8.83. The molecule has 0 unspecified atom stereocenters. The summed E-state index contributed by atoms with van der Waals surface area (Å²) in [6.07, 6.45) is 19.2. The quantitative estimate of drug-likeness (QED) is 0.488.